The predicted molar refractivity (Wildman–Crippen MR) is 81.4 cm³/mol. The summed E-state index contributed by atoms with van der Waals surface area (Å²) in [5, 5.41) is 12.4. The van der Waals surface area contributed by atoms with E-state index in [1.54, 1.807) is 12.1 Å². The Morgan fingerprint density at radius 2 is 2.14 bits per heavy atom. The molecule has 2 aliphatic heterocycles. The van der Waals surface area contributed by atoms with Gasteiger partial charge in [0.25, 0.3) is 0 Å². The van der Waals surface area contributed by atoms with Crippen molar-refractivity contribution < 1.29 is 14.7 Å². The maximum atomic E-state index is 12.4. The number of carboxylic acid groups (broad SMARTS) is 1. The van der Waals surface area contributed by atoms with Crippen LogP contribution < -0.4 is 5.32 Å². The summed E-state index contributed by atoms with van der Waals surface area (Å²) in [5.41, 5.74) is 2.29. The van der Waals surface area contributed by atoms with Crippen LogP contribution in [0.5, 0.6) is 0 Å². The molecular formula is C15H18N2O3S. The highest BCUT2D eigenvalue weighted by Crippen LogP contribution is 2.25. The van der Waals surface area contributed by atoms with Gasteiger partial charge >= 0.3 is 5.97 Å². The lowest BCUT2D eigenvalue weighted by Gasteiger charge is -2.25. The van der Waals surface area contributed by atoms with Gasteiger partial charge < -0.3 is 15.3 Å². The first-order valence-electron chi connectivity index (χ1n) is 7.07. The van der Waals surface area contributed by atoms with Gasteiger partial charge in [0.05, 0.1) is 5.56 Å². The number of nitrogens with zero attached hydrogens (tertiary/aromatic N) is 1. The molecule has 3 rings (SSSR count). The van der Waals surface area contributed by atoms with Gasteiger partial charge in [-0.3, -0.25) is 4.79 Å². The number of carbonyl (C=O) groups excluding carboxylic acids is 1. The number of benzene rings is 1. The molecule has 1 atom stereocenters. The molecule has 1 aromatic carbocycles. The average Bonchev–Trinajstić information content (AvgIpc) is 2.91. The van der Waals surface area contributed by atoms with Crippen LogP contribution in [0.2, 0.25) is 0 Å². The standard InChI is InChI=1S/C15H18N2O3S/c18-14(6-13-9-21-4-3-16-13)17-7-11-2-1-10(15(19)20)5-12(11)8-17/h1-2,5,13,16H,3-4,6-9H2,(H,19,20). The molecule has 0 radical (unpaired) electrons. The molecule has 1 fully saturated rings. The van der Waals surface area contributed by atoms with Crippen LogP contribution in [0, 0.1) is 0 Å². The monoisotopic (exact) mass is 306 g/mol. The minimum absolute atomic E-state index is 0.142. The normalized spacial score (nSPS) is 21.1. The highest BCUT2D eigenvalue weighted by Gasteiger charge is 2.26. The first-order chi connectivity index (χ1) is 10.1. The molecule has 1 saturated heterocycles. The van der Waals surface area contributed by atoms with E-state index < -0.39 is 5.97 Å². The summed E-state index contributed by atoms with van der Waals surface area (Å²) < 4.78 is 0. The fourth-order valence-corrected chi connectivity index (χ4v) is 3.74. The largest absolute Gasteiger partial charge is 0.478 e. The third-order valence-corrected chi connectivity index (χ3v) is 5.08. The molecule has 0 aliphatic carbocycles. The van der Waals surface area contributed by atoms with Crippen molar-refractivity contribution in [3.63, 3.8) is 0 Å². The summed E-state index contributed by atoms with van der Waals surface area (Å²) in [6.07, 6.45) is 0.521. The molecule has 0 bridgehead atoms. The Morgan fingerprint density at radius 1 is 1.33 bits per heavy atom. The van der Waals surface area contributed by atoms with Gasteiger partial charge in [0, 0.05) is 43.6 Å². The third-order valence-electron chi connectivity index (χ3n) is 3.95. The molecule has 6 heteroatoms. The number of carbonyl (C=O) groups is 2. The fourth-order valence-electron chi connectivity index (χ4n) is 2.79. The Balaban J connectivity index is 1.63. The lowest BCUT2D eigenvalue weighted by Crippen LogP contribution is -2.41. The molecule has 5 nitrogen and oxygen atoms in total. The number of hydrogen-bond donors (Lipinski definition) is 2. The van der Waals surface area contributed by atoms with E-state index in [1.807, 2.05) is 22.7 Å². The van der Waals surface area contributed by atoms with Gasteiger partial charge in [-0.2, -0.15) is 11.8 Å². The van der Waals surface area contributed by atoms with Gasteiger partial charge in [-0.1, -0.05) is 6.07 Å². The molecule has 1 aromatic rings. The minimum Gasteiger partial charge on any atom is -0.478 e. The van der Waals surface area contributed by atoms with E-state index in [9.17, 15) is 9.59 Å². The Kier molecular flexibility index (Phi) is 4.17. The fraction of sp³-hybridized carbons (Fsp3) is 0.467. The lowest BCUT2D eigenvalue weighted by molar-refractivity contribution is -0.132. The van der Waals surface area contributed by atoms with Crippen molar-refractivity contribution in [2.45, 2.75) is 25.6 Å². The number of rotatable bonds is 3. The maximum absolute atomic E-state index is 12.4. The van der Waals surface area contributed by atoms with Crippen LogP contribution in [0.3, 0.4) is 0 Å². The topological polar surface area (TPSA) is 69.6 Å². The van der Waals surface area contributed by atoms with Crippen molar-refractivity contribution in [1.82, 2.24) is 10.2 Å². The highest BCUT2D eigenvalue weighted by molar-refractivity contribution is 7.99. The van der Waals surface area contributed by atoms with Crippen molar-refractivity contribution in [2.24, 2.45) is 0 Å². The maximum Gasteiger partial charge on any atom is 0.335 e. The van der Waals surface area contributed by atoms with Crippen LogP contribution in [0.1, 0.15) is 27.9 Å². The Labute approximate surface area is 127 Å². The molecule has 1 unspecified atom stereocenters. The SMILES string of the molecule is O=C(O)c1ccc2c(c1)CN(C(=O)CC1CSCCN1)C2. The van der Waals surface area contributed by atoms with Gasteiger partial charge in [0.2, 0.25) is 5.91 Å². The van der Waals surface area contributed by atoms with E-state index in [0.29, 0.717) is 19.5 Å². The predicted octanol–water partition coefficient (Wildman–Crippen LogP) is 1.32. The van der Waals surface area contributed by atoms with Crippen LogP contribution in [-0.2, 0) is 17.9 Å². The van der Waals surface area contributed by atoms with E-state index in [1.165, 1.54) is 0 Å². The summed E-state index contributed by atoms with van der Waals surface area (Å²) in [7, 11) is 0. The number of carboxylic acids is 1. The lowest BCUT2D eigenvalue weighted by atomic mass is 10.1. The number of nitrogens with one attached hydrogen (secondary N) is 1. The van der Waals surface area contributed by atoms with Gasteiger partial charge in [-0.05, 0) is 23.3 Å². The van der Waals surface area contributed by atoms with E-state index in [4.69, 9.17) is 5.11 Å². The number of thioether (sulfide) groups is 1. The highest BCUT2D eigenvalue weighted by atomic mass is 32.2. The second kappa shape index (κ2) is 6.07. The van der Waals surface area contributed by atoms with Crippen LogP contribution in [-0.4, -0.2) is 46.0 Å². The molecule has 112 valence electrons. The van der Waals surface area contributed by atoms with Crippen LogP contribution in [0.4, 0.5) is 0 Å². The average molecular weight is 306 g/mol. The Hall–Kier alpha value is -1.53. The van der Waals surface area contributed by atoms with Gasteiger partial charge in [-0.25, -0.2) is 4.79 Å². The van der Waals surface area contributed by atoms with Gasteiger partial charge in [-0.15, -0.1) is 0 Å². The van der Waals surface area contributed by atoms with Crippen molar-refractivity contribution in [2.75, 3.05) is 18.1 Å². The summed E-state index contributed by atoms with van der Waals surface area (Å²) in [6.45, 7) is 2.08. The van der Waals surface area contributed by atoms with E-state index in [-0.39, 0.29) is 17.5 Å². The zero-order chi connectivity index (χ0) is 14.8. The van der Waals surface area contributed by atoms with Crippen molar-refractivity contribution in [1.29, 1.82) is 0 Å². The first kappa shape index (κ1) is 14.4. The second-order valence-corrected chi connectivity index (χ2v) is 6.62. The van der Waals surface area contributed by atoms with Gasteiger partial charge in [0.15, 0.2) is 0 Å². The molecule has 0 aromatic heterocycles. The number of amides is 1. The smallest absolute Gasteiger partial charge is 0.335 e. The molecule has 0 spiro atoms. The minimum atomic E-state index is -0.925. The van der Waals surface area contributed by atoms with Crippen molar-refractivity contribution in [3.05, 3.63) is 34.9 Å². The zero-order valence-electron chi connectivity index (χ0n) is 11.7. The Bertz CT molecular complexity index is 570. The summed E-state index contributed by atoms with van der Waals surface area (Å²) in [5.74, 6) is 1.31. The number of hydrogen-bond acceptors (Lipinski definition) is 4. The summed E-state index contributed by atoms with van der Waals surface area (Å²) in [4.78, 5) is 25.2. The van der Waals surface area contributed by atoms with Crippen LogP contribution >= 0.6 is 11.8 Å². The van der Waals surface area contributed by atoms with Crippen LogP contribution in [0.25, 0.3) is 0 Å². The second-order valence-electron chi connectivity index (χ2n) is 5.47. The quantitative estimate of drug-likeness (QED) is 0.881. The molecule has 2 heterocycles. The molecule has 1 amide bonds. The van der Waals surface area contributed by atoms with Gasteiger partial charge in [0.1, 0.15) is 0 Å². The van der Waals surface area contributed by atoms with Crippen molar-refractivity contribution >= 4 is 23.6 Å². The molecule has 2 N–H and O–H groups in total. The van der Waals surface area contributed by atoms with E-state index in [0.717, 1.165) is 29.2 Å². The number of fused-ring (bicyclic) bond motifs is 1. The van der Waals surface area contributed by atoms with E-state index in [2.05, 4.69) is 5.32 Å². The van der Waals surface area contributed by atoms with Crippen molar-refractivity contribution in [3.8, 4) is 0 Å². The zero-order valence-corrected chi connectivity index (χ0v) is 12.5. The number of aromatic carboxylic acids is 1. The first-order valence-corrected chi connectivity index (χ1v) is 8.23. The summed E-state index contributed by atoms with van der Waals surface area (Å²) >= 11 is 1.88. The Morgan fingerprint density at radius 3 is 2.86 bits per heavy atom. The molecule has 0 saturated carbocycles. The molecular weight excluding hydrogens is 288 g/mol. The molecule has 21 heavy (non-hydrogen) atoms. The van der Waals surface area contributed by atoms with E-state index >= 15 is 0 Å². The summed E-state index contributed by atoms with van der Waals surface area (Å²) in [6, 6.07) is 5.36. The third kappa shape index (κ3) is 3.22. The van der Waals surface area contributed by atoms with Crippen LogP contribution in [0.15, 0.2) is 18.2 Å². The molecule has 2 aliphatic rings.